The molecule has 106 valence electrons. The molecule has 0 saturated heterocycles. The van der Waals surface area contributed by atoms with Crippen molar-refractivity contribution in [3.05, 3.63) is 65.5 Å². The second-order valence-corrected chi connectivity index (χ2v) is 5.19. The van der Waals surface area contributed by atoms with Gasteiger partial charge in [0.25, 0.3) is 0 Å². The number of aromatic nitrogens is 1. The molecular weight excluding hydrogens is 244 g/mol. The van der Waals surface area contributed by atoms with E-state index in [0.717, 1.165) is 19.4 Å². The van der Waals surface area contributed by atoms with E-state index in [1.807, 2.05) is 12.4 Å². The maximum Gasteiger partial charge on any atom is 0.0317 e. The molecule has 0 radical (unpaired) electrons. The van der Waals surface area contributed by atoms with Gasteiger partial charge in [-0.25, -0.2) is 0 Å². The molecule has 0 bridgehead atoms. The van der Waals surface area contributed by atoms with E-state index in [9.17, 15) is 0 Å². The molecule has 1 N–H and O–H groups in total. The second-order valence-electron chi connectivity index (χ2n) is 5.19. The van der Waals surface area contributed by atoms with Gasteiger partial charge in [-0.2, -0.15) is 0 Å². The van der Waals surface area contributed by atoms with Gasteiger partial charge in [-0.1, -0.05) is 38.1 Å². The standard InChI is InChI=1S/C18H24N2/c1-3-10-20-18(4-2)17-7-5-6-16(14-17)13-15-8-11-19-12-9-15/h5-9,11-12,14,18,20H,3-4,10,13H2,1-2H3. The summed E-state index contributed by atoms with van der Waals surface area (Å²) in [6.45, 7) is 5.52. The molecule has 20 heavy (non-hydrogen) atoms. The summed E-state index contributed by atoms with van der Waals surface area (Å²) < 4.78 is 0. The van der Waals surface area contributed by atoms with Gasteiger partial charge >= 0.3 is 0 Å². The zero-order chi connectivity index (χ0) is 14.2. The zero-order valence-corrected chi connectivity index (χ0v) is 12.5. The normalized spacial score (nSPS) is 12.3. The van der Waals surface area contributed by atoms with Gasteiger partial charge < -0.3 is 5.32 Å². The quantitative estimate of drug-likeness (QED) is 0.817. The number of nitrogens with one attached hydrogen (secondary N) is 1. The zero-order valence-electron chi connectivity index (χ0n) is 12.5. The molecule has 0 spiro atoms. The highest BCUT2D eigenvalue weighted by molar-refractivity contribution is 5.30. The molecule has 0 aliphatic rings. The minimum atomic E-state index is 0.465. The fourth-order valence-electron chi connectivity index (χ4n) is 2.47. The highest BCUT2D eigenvalue weighted by atomic mass is 14.9. The van der Waals surface area contributed by atoms with Crippen LogP contribution in [0.2, 0.25) is 0 Å². The van der Waals surface area contributed by atoms with Crippen LogP contribution in [0.1, 0.15) is 49.4 Å². The van der Waals surface area contributed by atoms with E-state index in [-0.39, 0.29) is 0 Å². The molecule has 0 amide bonds. The third kappa shape index (κ3) is 4.17. The lowest BCUT2D eigenvalue weighted by molar-refractivity contribution is 0.518. The number of benzene rings is 1. The summed E-state index contributed by atoms with van der Waals surface area (Å²) in [6.07, 6.45) is 6.99. The monoisotopic (exact) mass is 268 g/mol. The van der Waals surface area contributed by atoms with E-state index >= 15 is 0 Å². The van der Waals surface area contributed by atoms with Gasteiger partial charge in [0, 0.05) is 18.4 Å². The predicted octanol–water partition coefficient (Wildman–Crippen LogP) is 4.12. The molecule has 2 nitrogen and oxygen atoms in total. The molecular formula is C18H24N2. The first-order valence-corrected chi connectivity index (χ1v) is 7.54. The van der Waals surface area contributed by atoms with Gasteiger partial charge in [0.2, 0.25) is 0 Å². The Morgan fingerprint density at radius 1 is 1.05 bits per heavy atom. The van der Waals surface area contributed by atoms with Crippen molar-refractivity contribution >= 4 is 0 Å². The van der Waals surface area contributed by atoms with Crippen LogP contribution in [0.25, 0.3) is 0 Å². The molecule has 1 unspecified atom stereocenters. The van der Waals surface area contributed by atoms with Crippen LogP contribution in [0.4, 0.5) is 0 Å². The maximum atomic E-state index is 4.07. The van der Waals surface area contributed by atoms with Gasteiger partial charge in [-0.05, 0) is 54.6 Å². The number of hydrogen-bond acceptors (Lipinski definition) is 2. The molecule has 1 aromatic carbocycles. The molecule has 1 aromatic heterocycles. The Labute approximate surface area is 122 Å². The second kappa shape index (κ2) is 7.81. The highest BCUT2D eigenvalue weighted by Gasteiger charge is 2.08. The van der Waals surface area contributed by atoms with Crippen molar-refractivity contribution in [3.63, 3.8) is 0 Å². The van der Waals surface area contributed by atoms with Crippen molar-refractivity contribution in [1.29, 1.82) is 0 Å². The van der Waals surface area contributed by atoms with Crippen molar-refractivity contribution in [2.45, 2.75) is 39.2 Å². The third-order valence-corrected chi connectivity index (χ3v) is 3.56. The van der Waals surface area contributed by atoms with Crippen molar-refractivity contribution in [2.24, 2.45) is 0 Å². The average Bonchev–Trinajstić information content (AvgIpc) is 2.49. The molecule has 1 atom stereocenters. The largest absolute Gasteiger partial charge is 0.310 e. The molecule has 2 heteroatoms. The van der Waals surface area contributed by atoms with E-state index in [2.05, 4.69) is 60.5 Å². The van der Waals surface area contributed by atoms with Gasteiger partial charge in [0.1, 0.15) is 0 Å². The van der Waals surface area contributed by atoms with E-state index in [1.165, 1.54) is 23.1 Å². The van der Waals surface area contributed by atoms with Crippen LogP contribution in [0.5, 0.6) is 0 Å². The van der Waals surface area contributed by atoms with Gasteiger partial charge in [-0.3, -0.25) is 4.98 Å². The third-order valence-electron chi connectivity index (χ3n) is 3.56. The number of hydrogen-bond donors (Lipinski definition) is 1. The van der Waals surface area contributed by atoms with Crippen molar-refractivity contribution < 1.29 is 0 Å². The first-order chi connectivity index (χ1) is 9.83. The molecule has 2 aromatic rings. The van der Waals surface area contributed by atoms with Crippen LogP contribution in [-0.2, 0) is 6.42 Å². The molecule has 1 heterocycles. The predicted molar refractivity (Wildman–Crippen MR) is 84.8 cm³/mol. The lowest BCUT2D eigenvalue weighted by atomic mass is 9.98. The molecule has 0 aliphatic heterocycles. The molecule has 0 saturated carbocycles. The van der Waals surface area contributed by atoms with Crippen LogP contribution in [0, 0.1) is 0 Å². The lowest BCUT2D eigenvalue weighted by Gasteiger charge is -2.18. The Morgan fingerprint density at radius 2 is 1.85 bits per heavy atom. The number of pyridine rings is 1. The minimum absolute atomic E-state index is 0.465. The minimum Gasteiger partial charge on any atom is -0.310 e. The Balaban J connectivity index is 2.10. The Hall–Kier alpha value is -1.67. The summed E-state index contributed by atoms with van der Waals surface area (Å²) in [5, 5.41) is 3.62. The van der Waals surface area contributed by atoms with Crippen LogP contribution < -0.4 is 5.32 Å². The van der Waals surface area contributed by atoms with Crippen molar-refractivity contribution in [2.75, 3.05) is 6.54 Å². The van der Waals surface area contributed by atoms with E-state index in [0.29, 0.717) is 6.04 Å². The first kappa shape index (κ1) is 14.7. The maximum absolute atomic E-state index is 4.07. The van der Waals surface area contributed by atoms with Gasteiger partial charge in [0.15, 0.2) is 0 Å². The Morgan fingerprint density at radius 3 is 2.55 bits per heavy atom. The van der Waals surface area contributed by atoms with Crippen molar-refractivity contribution in [1.82, 2.24) is 10.3 Å². The Bertz CT molecular complexity index is 508. The summed E-state index contributed by atoms with van der Waals surface area (Å²) >= 11 is 0. The number of nitrogens with zero attached hydrogens (tertiary/aromatic N) is 1. The van der Waals surface area contributed by atoms with Crippen molar-refractivity contribution in [3.8, 4) is 0 Å². The highest BCUT2D eigenvalue weighted by Crippen LogP contribution is 2.19. The summed E-state index contributed by atoms with van der Waals surface area (Å²) in [5.74, 6) is 0. The Kier molecular flexibility index (Phi) is 5.75. The fraction of sp³-hybridized carbons (Fsp3) is 0.389. The summed E-state index contributed by atoms with van der Waals surface area (Å²) in [5.41, 5.74) is 4.07. The summed E-state index contributed by atoms with van der Waals surface area (Å²) in [6, 6.07) is 13.6. The summed E-state index contributed by atoms with van der Waals surface area (Å²) in [4.78, 5) is 4.07. The lowest BCUT2D eigenvalue weighted by Crippen LogP contribution is -2.21. The average molecular weight is 268 g/mol. The number of rotatable bonds is 7. The fourth-order valence-corrected chi connectivity index (χ4v) is 2.47. The van der Waals surface area contributed by atoms with Crippen LogP contribution >= 0.6 is 0 Å². The SMILES string of the molecule is CCCNC(CC)c1cccc(Cc2ccncc2)c1. The molecule has 2 rings (SSSR count). The van der Waals surface area contributed by atoms with E-state index in [4.69, 9.17) is 0 Å². The smallest absolute Gasteiger partial charge is 0.0317 e. The van der Waals surface area contributed by atoms with Crippen LogP contribution in [-0.4, -0.2) is 11.5 Å². The van der Waals surface area contributed by atoms with E-state index < -0.39 is 0 Å². The van der Waals surface area contributed by atoms with Crippen LogP contribution in [0.3, 0.4) is 0 Å². The molecule has 0 aliphatic carbocycles. The van der Waals surface area contributed by atoms with E-state index in [1.54, 1.807) is 0 Å². The van der Waals surface area contributed by atoms with Crippen LogP contribution in [0.15, 0.2) is 48.8 Å². The summed E-state index contributed by atoms with van der Waals surface area (Å²) in [7, 11) is 0. The first-order valence-electron chi connectivity index (χ1n) is 7.54. The topological polar surface area (TPSA) is 24.9 Å². The van der Waals surface area contributed by atoms with Gasteiger partial charge in [-0.15, -0.1) is 0 Å². The van der Waals surface area contributed by atoms with Gasteiger partial charge in [0.05, 0.1) is 0 Å². The molecule has 0 fully saturated rings.